The molecule has 0 bridgehead atoms. The van der Waals surface area contributed by atoms with Crippen molar-refractivity contribution in [3.63, 3.8) is 0 Å². The maximum absolute atomic E-state index is 12.8. The second-order valence-corrected chi connectivity index (χ2v) is 8.00. The van der Waals surface area contributed by atoms with Crippen LogP contribution >= 0.6 is 0 Å². The summed E-state index contributed by atoms with van der Waals surface area (Å²) in [5.74, 6) is 1.43. The predicted molar refractivity (Wildman–Crippen MR) is 105 cm³/mol. The maximum Gasteiger partial charge on any atom is 0.228 e. The Labute approximate surface area is 161 Å². The molecule has 3 atom stereocenters. The molecule has 27 heavy (non-hydrogen) atoms. The van der Waals surface area contributed by atoms with Gasteiger partial charge in [0.1, 0.15) is 0 Å². The normalized spacial score (nSPS) is 24.8. The van der Waals surface area contributed by atoms with Gasteiger partial charge in [0.15, 0.2) is 0 Å². The summed E-state index contributed by atoms with van der Waals surface area (Å²) < 4.78 is 0. The third-order valence-electron chi connectivity index (χ3n) is 6.19. The van der Waals surface area contributed by atoms with Gasteiger partial charge < -0.3 is 4.90 Å². The number of carbonyl (C=O) groups excluding carboxylic acids is 1. The van der Waals surface area contributed by atoms with Crippen LogP contribution in [0.3, 0.4) is 0 Å². The van der Waals surface area contributed by atoms with Crippen LogP contribution in [0.2, 0.25) is 0 Å². The largest absolute Gasteiger partial charge is 0.342 e. The van der Waals surface area contributed by atoms with Crippen LogP contribution in [0, 0.1) is 11.8 Å². The lowest BCUT2D eigenvalue weighted by molar-refractivity contribution is -0.129. The highest BCUT2D eigenvalue weighted by Gasteiger charge is 2.42. The minimum absolute atomic E-state index is 0.219. The SMILES string of the molecule is CN(Cc1cccnc1)C1CCCC2CN(C(=O)Cc3ccccn3)CC21. The van der Waals surface area contributed by atoms with Gasteiger partial charge in [-0.25, -0.2) is 0 Å². The Morgan fingerprint density at radius 3 is 2.89 bits per heavy atom. The summed E-state index contributed by atoms with van der Waals surface area (Å²) in [4.78, 5) is 25.9. The number of likely N-dealkylation sites (tertiary alicyclic amines) is 1. The number of rotatable bonds is 5. The number of carbonyl (C=O) groups is 1. The first-order valence-electron chi connectivity index (χ1n) is 9.97. The molecule has 0 radical (unpaired) electrons. The average molecular weight is 364 g/mol. The molecule has 1 saturated carbocycles. The number of pyridine rings is 2. The number of amides is 1. The van der Waals surface area contributed by atoms with Crippen LogP contribution in [0.1, 0.15) is 30.5 Å². The second kappa shape index (κ2) is 8.17. The minimum atomic E-state index is 0.219. The quantitative estimate of drug-likeness (QED) is 0.819. The van der Waals surface area contributed by atoms with Crippen molar-refractivity contribution in [2.45, 2.75) is 38.3 Å². The number of nitrogens with zero attached hydrogens (tertiary/aromatic N) is 4. The van der Waals surface area contributed by atoms with Crippen molar-refractivity contribution in [2.75, 3.05) is 20.1 Å². The monoisotopic (exact) mass is 364 g/mol. The molecule has 1 amide bonds. The smallest absolute Gasteiger partial charge is 0.228 e. The van der Waals surface area contributed by atoms with E-state index in [-0.39, 0.29) is 5.91 Å². The van der Waals surface area contributed by atoms with Crippen LogP contribution in [-0.2, 0) is 17.8 Å². The van der Waals surface area contributed by atoms with Crippen molar-refractivity contribution in [1.82, 2.24) is 19.8 Å². The topological polar surface area (TPSA) is 49.3 Å². The van der Waals surface area contributed by atoms with Gasteiger partial charge in [0.2, 0.25) is 5.91 Å². The van der Waals surface area contributed by atoms with Crippen LogP contribution < -0.4 is 0 Å². The van der Waals surface area contributed by atoms with E-state index in [9.17, 15) is 4.79 Å². The van der Waals surface area contributed by atoms with E-state index >= 15 is 0 Å². The predicted octanol–water partition coefficient (Wildman–Crippen LogP) is 2.78. The van der Waals surface area contributed by atoms with E-state index in [0.717, 1.165) is 25.3 Å². The molecule has 2 aliphatic rings. The van der Waals surface area contributed by atoms with Crippen LogP contribution in [0.15, 0.2) is 48.9 Å². The third kappa shape index (κ3) is 4.19. The third-order valence-corrected chi connectivity index (χ3v) is 6.19. The van der Waals surface area contributed by atoms with Gasteiger partial charge in [-0.3, -0.25) is 19.7 Å². The van der Waals surface area contributed by atoms with Crippen molar-refractivity contribution < 1.29 is 4.79 Å². The molecule has 0 aromatic carbocycles. The summed E-state index contributed by atoms with van der Waals surface area (Å²) in [7, 11) is 2.22. The molecule has 5 nitrogen and oxygen atoms in total. The molecule has 3 heterocycles. The zero-order valence-corrected chi connectivity index (χ0v) is 16.0. The zero-order valence-electron chi connectivity index (χ0n) is 16.0. The number of fused-ring (bicyclic) bond motifs is 1. The van der Waals surface area contributed by atoms with Crippen LogP contribution in [0.5, 0.6) is 0 Å². The Morgan fingerprint density at radius 1 is 1.19 bits per heavy atom. The highest BCUT2D eigenvalue weighted by Crippen LogP contribution is 2.39. The Balaban J connectivity index is 1.40. The fraction of sp³-hybridized carbons (Fsp3) is 0.500. The zero-order chi connectivity index (χ0) is 18.6. The molecule has 3 unspecified atom stereocenters. The van der Waals surface area contributed by atoms with Crippen LogP contribution in [0.25, 0.3) is 0 Å². The summed E-state index contributed by atoms with van der Waals surface area (Å²) in [5.41, 5.74) is 2.12. The van der Waals surface area contributed by atoms with E-state index in [0.29, 0.717) is 24.3 Å². The van der Waals surface area contributed by atoms with Crippen molar-refractivity contribution in [2.24, 2.45) is 11.8 Å². The van der Waals surface area contributed by atoms with Gasteiger partial charge >= 0.3 is 0 Å². The molecular weight excluding hydrogens is 336 g/mol. The fourth-order valence-electron chi connectivity index (χ4n) is 4.86. The van der Waals surface area contributed by atoms with Gasteiger partial charge in [-0.2, -0.15) is 0 Å². The lowest BCUT2D eigenvalue weighted by Gasteiger charge is -2.39. The Hall–Kier alpha value is -2.27. The first-order chi connectivity index (χ1) is 13.2. The molecule has 2 aromatic rings. The summed E-state index contributed by atoms with van der Waals surface area (Å²) in [5, 5.41) is 0. The van der Waals surface area contributed by atoms with E-state index < -0.39 is 0 Å². The molecule has 142 valence electrons. The Morgan fingerprint density at radius 2 is 2.11 bits per heavy atom. The molecule has 1 saturated heterocycles. The van der Waals surface area contributed by atoms with Gasteiger partial charge in [0, 0.05) is 50.0 Å². The molecule has 0 spiro atoms. The molecular formula is C22H28N4O. The minimum Gasteiger partial charge on any atom is -0.342 e. The van der Waals surface area contributed by atoms with Crippen molar-refractivity contribution in [1.29, 1.82) is 0 Å². The first-order valence-corrected chi connectivity index (χ1v) is 9.97. The van der Waals surface area contributed by atoms with E-state index in [4.69, 9.17) is 0 Å². The molecule has 1 aliphatic heterocycles. The van der Waals surface area contributed by atoms with Crippen molar-refractivity contribution in [3.05, 3.63) is 60.2 Å². The molecule has 0 N–H and O–H groups in total. The van der Waals surface area contributed by atoms with E-state index in [1.165, 1.54) is 24.8 Å². The molecule has 4 rings (SSSR count). The Kier molecular flexibility index (Phi) is 5.48. The first kappa shape index (κ1) is 18.1. The molecule has 2 fully saturated rings. The standard InChI is InChI=1S/C22H28N4O/c1-25(14-17-6-5-10-23-13-17)21-9-4-7-18-15-26(16-20(18)21)22(27)12-19-8-2-3-11-24-19/h2-3,5-6,8,10-11,13,18,20-21H,4,7,9,12,14-16H2,1H3. The van der Waals surface area contributed by atoms with E-state index in [2.05, 4.69) is 32.9 Å². The maximum atomic E-state index is 12.8. The summed E-state index contributed by atoms with van der Waals surface area (Å²) in [6, 6.07) is 10.5. The number of hydrogen-bond acceptors (Lipinski definition) is 4. The van der Waals surface area contributed by atoms with Crippen LogP contribution in [0.4, 0.5) is 0 Å². The van der Waals surface area contributed by atoms with Crippen molar-refractivity contribution in [3.8, 4) is 0 Å². The van der Waals surface area contributed by atoms with Crippen LogP contribution in [-0.4, -0.2) is 51.9 Å². The van der Waals surface area contributed by atoms with Gasteiger partial charge in [0.25, 0.3) is 0 Å². The Bertz CT molecular complexity index is 751. The molecule has 2 aromatic heterocycles. The van der Waals surface area contributed by atoms with Gasteiger partial charge in [0.05, 0.1) is 6.42 Å². The summed E-state index contributed by atoms with van der Waals surface area (Å²) in [6.07, 6.45) is 9.67. The molecule has 5 heteroatoms. The molecule has 1 aliphatic carbocycles. The fourth-order valence-corrected chi connectivity index (χ4v) is 4.86. The van der Waals surface area contributed by atoms with E-state index in [1.807, 2.05) is 36.7 Å². The lowest BCUT2D eigenvalue weighted by Crippen LogP contribution is -2.43. The number of aromatic nitrogens is 2. The van der Waals surface area contributed by atoms with E-state index in [1.54, 1.807) is 6.20 Å². The van der Waals surface area contributed by atoms with Gasteiger partial charge in [-0.15, -0.1) is 0 Å². The summed E-state index contributed by atoms with van der Waals surface area (Å²) >= 11 is 0. The summed E-state index contributed by atoms with van der Waals surface area (Å²) in [6.45, 7) is 2.72. The second-order valence-electron chi connectivity index (χ2n) is 8.00. The lowest BCUT2D eigenvalue weighted by atomic mass is 9.77. The average Bonchev–Trinajstić information content (AvgIpc) is 3.14. The van der Waals surface area contributed by atoms with Gasteiger partial charge in [-0.1, -0.05) is 18.6 Å². The van der Waals surface area contributed by atoms with Gasteiger partial charge in [-0.05, 0) is 55.5 Å². The highest BCUT2D eigenvalue weighted by atomic mass is 16.2. The number of hydrogen-bond donors (Lipinski definition) is 0. The van der Waals surface area contributed by atoms with Crippen molar-refractivity contribution >= 4 is 5.91 Å². The highest BCUT2D eigenvalue weighted by molar-refractivity contribution is 5.78.